The highest BCUT2D eigenvalue weighted by molar-refractivity contribution is 9.10. The average Bonchev–Trinajstić information content (AvgIpc) is 2.91. The highest BCUT2D eigenvalue weighted by Gasteiger charge is 2.63. The van der Waals surface area contributed by atoms with E-state index in [0.717, 1.165) is 4.47 Å². The topological polar surface area (TPSA) is 24.9 Å². The molecule has 0 aromatic carbocycles. The Labute approximate surface area is 99.4 Å². The van der Waals surface area contributed by atoms with E-state index >= 15 is 0 Å². The molecule has 1 fully saturated rings. The molecule has 2 nitrogen and oxygen atoms in total. The molecule has 0 aliphatic heterocycles. The zero-order valence-corrected chi connectivity index (χ0v) is 10.1. The van der Waals surface area contributed by atoms with Gasteiger partial charge in [-0.05, 0) is 47.8 Å². The van der Waals surface area contributed by atoms with Crippen LogP contribution in [0.15, 0.2) is 16.6 Å². The van der Waals surface area contributed by atoms with Crippen LogP contribution in [-0.4, -0.2) is 16.7 Å². The SMILES string of the molecule is Cc1nc(NC2(C(F)(F)F)CC2)ccc1Br. The van der Waals surface area contributed by atoms with Crippen LogP contribution in [0.5, 0.6) is 0 Å². The van der Waals surface area contributed by atoms with E-state index in [-0.39, 0.29) is 18.7 Å². The Balaban J connectivity index is 2.19. The van der Waals surface area contributed by atoms with Crippen LogP contribution < -0.4 is 5.32 Å². The van der Waals surface area contributed by atoms with Gasteiger partial charge in [0.1, 0.15) is 11.4 Å². The van der Waals surface area contributed by atoms with Gasteiger partial charge in [-0.1, -0.05) is 0 Å². The van der Waals surface area contributed by atoms with Crippen molar-refractivity contribution in [2.75, 3.05) is 5.32 Å². The third-order valence-corrected chi connectivity index (χ3v) is 3.52. The van der Waals surface area contributed by atoms with Crippen molar-refractivity contribution in [2.45, 2.75) is 31.5 Å². The Hall–Kier alpha value is -0.780. The maximum atomic E-state index is 12.7. The number of nitrogens with zero attached hydrogens (tertiary/aromatic N) is 1. The van der Waals surface area contributed by atoms with E-state index in [2.05, 4.69) is 26.2 Å². The highest BCUT2D eigenvalue weighted by Crippen LogP contribution is 2.50. The summed E-state index contributed by atoms with van der Waals surface area (Å²) in [5.74, 6) is 0.274. The van der Waals surface area contributed by atoms with Crippen LogP contribution >= 0.6 is 15.9 Å². The Morgan fingerprint density at radius 3 is 2.44 bits per heavy atom. The van der Waals surface area contributed by atoms with Crippen molar-refractivity contribution in [1.29, 1.82) is 0 Å². The lowest BCUT2D eigenvalue weighted by molar-refractivity contribution is -0.151. The number of halogens is 4. The van der Waals surface area contributed by atoms with E-state index in [1.165, 1.54) is 0 Å². The standard InChI is InChI=1S/C10H10BrF3N2/c1-6-7(11)2-3-8(15-6)16-9(4-5-9)10(12,13)14/h2-3H,4-5H2,1H3,(H,15,16). The lowest BCUT2D eigenvalue weighted by Gasteiger charge is -2.21. The summed E-state index contributed by atoms with van der Waals surface area (Å²) < 4.78 is 38.8. The van der Waals surface area contributed by atoms with Gasteiger partial charge in [-0.25, -0.2) is 4.98 Å². The van der Waals surface area contributed by atoms with Gasteiger partial charge in [-0.3, -0.25) is 0 Å². The van der Waals surface area contributed by atoms with Gasteiger partial charge in [0.25, 0.3) is 0 Å². The van der Waals surface area contributed by atoms with Gasteiger partial charge in [-0.15, -0.1) is 0 Å². The maximum absolute atomic E-state index is 12.7. The second kappa shape index (κ2) is 3.61. The van der Waals surface area contributed by atoms with Gasteiger partial charge in [0.05, 0.1) is 5.69 Å². The first-order chi connectivity index (χ1) is 7.34. The highest BCUT2D eigenvalue weighted by atomic mass is 79.9. The zero-order valence-electron chi connectivity index (χ0n) is 8.53. The van der Waals surface area contributed by atoms with Crippen LogP contribution in [-0.2, 0) is 0 Å². The fourth-order valence-electron chi connectivity index (χ4n) is 1.46. The molecule has 0 bridgehead atoms. The Morgan fingerprint density at radius 2 is 2.00 bits per heavy atom. The van der Waals surface area contributed by atoms with Crippen molar-refractivity contribution in [2.24, 2.45) is 0 Å². The van der Waals surface area contributed by atoms with Crippen LogP contribution in [0.3, 0.4) is 0 Å². The number of aryl methyl sites for hydroxylation is 1. The molecule has 1 aromatic heterocycles. The first kappa shape index (κ1) is 11.7. The first-order valence-corrected chi connectivity index (χ1v) is 5.61. The minimum absolute atomic E-state index is 0.118. The van der Waals surface area contributed by atoms with E-state index in [4.69, 9.17) is 0 Å². The molecule has 0 amide bonds. The number of aromatic nitrogens is 1. The van der Waals surface area contributed by atoms with Gasteiger partial charge in [0.15, 0.2) is 0 Å². The van der Waals surface area contributed by atoms with Crippen LogP contribution in [0.1, 0.15) is 18.5 Å². The van der Waals surface area contributed by atoms with E-state index < -0.39 is 11.7 Å². The summed E-state index contributed by atoms with van der Waals surface area (Å²) in [6.45, 7) is 1.74. The zero-order chi connectivity index (χ0) is 12.0. The predicted molar refractivity (Wildman–Crippen MR) is 58.3 cm³/mol. The van der Waals surface area contributed by atoms with Crippen LogP contribution in [0, 0.1) is 6.92 Å². The minimum atomic E-state index is -4.21. The van der Waals surface area contributed by atoms with Gasteiger partial charge < -0.3 is 5.32 Å². The molecule has 1 aliphatic carbocycles. The average molecular weight is 295 g/mol. The first-order valence-electron chi connectivity index (χ1n) is 4.82. The molecule has 0 unspecified atom stereocenters. The van der Waals surface area contributed by atoms with E-state index in [1.54, 1.807) is 19.1 Å². The molecule has 1 aliphatic rings. The fraction of sp³-hybridized carbons (Fsp3) is 0.500. The van der Waals surface area contributed by atoms with Gasteiger partial charge in [0, 0.05) is 4.47 Å². The predicted octanol–water partition coefficient (Wildman–Crippen LogP) is 3.66. The molecule has 6 heteroatoms. The summed E-state index contributed by atoms with van der Waals surface area (Å²) in [4.78, 5) is 4.05. The summed E-state index contributed by atoms with van der Waals surface area (Å²) in [6.07, 6.45) is -3.98. The van der Waals surface area contributed by atoms with E-state index in [1.807, 2.05) is 0 Å². The Kier molecular flexibility index (Phi) is 2.64. The van der Waals surface area contributed by atoms with Gasteiger partial charge in [0.2, 0.25) is 0 Å². The van der Waals surface area contributed by atoms with Gasteiger partial charge in [-0.2, -0.15) is 13.2 Å². The molecular formula is C10H10BrF3N2. The smallest absolute Gasteiger partial charge is 0.356 e. The van der Waals surface area contributed by atoms with Gasteiger partial charge >= 0.3 is 6.18 Å². The van der Waals surface area contributed by atoms with Crippen LogP contribution in [0.25, 0.3) is 0 Å². The van der Waals surface area contributed by atoms with Crippen molar-refractivity contribution >= 4 is 21.7 Å². The maximum Gasteiger partial charge on any atom is 0.411 e. The molecule has 0 atom stereocenters. The summed E-state index contributed by atoms with van der Waals surface area (Å²) in [5, 5.41) is 2.48. The second-order valence-electron chi connectivity index (χ2n) is 3.97. The molecule has 2 rings (SSSR count). The largest absolute Gasteiger partial charge is 0.411 e. The van der Waals surface area contributed by atoms with E-state index in [0.29, 0.717) is 5.69 Å². The molecule has 0 radical (unpaired) electrons. The molecule has 1 saturated carbocycles. The number of hydrogen-bond acceptors (Lipinski definition) is 2. The van der Waals surface area contributed by atoms with Crippen LogP contribution in [0.2, 0.25) is 0 Å². The summed E-state index contributed by atoms with van der Waals surface area (Å²) >= 11 is 3.25. The molecule has 88 valence electrons. The van der Waals surface area contributed by atoms with Crippen molar-refractivity contribution in [3.05, 3.63) is 22.3 Å². The van der Waals surface area contributed by atoms with Crippen molar-refractivity contribution in [3.8, 4) is 0 Å². The third-order valence-electron chi connectivity index (χ3n) is 2.68. The lowest BCUT2D eigenvalue weighted by atomic mass is 10.2. The Morgan fingerprint density at radius 1 is 1.38 bits per heavy atom. The fourth-order valence-corrected chi connectivity index (χ4v) is 1.68. The number of alkyl halides is 3. The summed E-state index contributed by atoms with van der Waals surface area (Å²) in [6, 6.07) is 3.24. The molecule has 1 N–H and O–H groups in total. The third kappa shape index (κ3) is 2.03. The number of hydrogen-bond donors (Lipinski definition) is 1. The van der Waals surface area contributed by atoms with Crippen LogP contribution in [0.4, 0.5) is 19.0 Å². The molecular weight excluding hydrogens is 285 g/mol. The van der Waals surface area contributed by atoms with Crippen molar-refractivity contribution in [3.63, 3.8) is 0 Å². The Bertz CT molecular complexity index is 413. The number of rotatable bonds is 2. The second-order valence-corrected chi connectivity index (χ2v) is 4.82. The minimum Gasteiger partial charge on any atom is -0.356 e. The van der Waals surface area contributed by atoms with Crippen molar-refractivity contribution in [1.82, 2.24) is 4.98 Å². The lowest BCUT2D eigenvalue weighted by Crippen LogP contribution is -2.38. The normalized spacial score (nSPS) is 18.3. The summed E-state index contributed by atoms with van der Waals surface area (Å²) in [5.41, 5.74) is -1.08. The van der Waals surface area contributed by atoms with E-state index in [9.17, 15) is 13.2 Å². The van der Waals surface area contributed by atoms with Crippen molar-refractivity contribution < 1.29 is 13.2 Å². The quantitative estimate of drug-likeness (QED) is 0.900. The monoisotopic (exact) mass is 294 g/mol. The molecule has 0 spiro atoms. The number of anilines is 1. The molecule has 1 aromatic rings. The molecule has 1 heterocycles. The molecule has 0 saturated heterocycles. The summed E-state index contributed by atoms with van der Waals surface area (Å²) in [7, 11) is 0. The molecule has 16 heavy (non-hydrogen) atoms. The number of nitrogens with one attached hydrogen (secondary N) is 1. The number of pyridine rings is 1.